The number of likely N-dealkylation sites (tertiary alicyclic amines) is 1. The zero-order valence-electron chi connectivity index (χ0n) is 13.9. The van der Waals surface area contributed by atoms with Crippen molar-refractivity contribution < 1.29 is 0 Å². The molecule has 0 bridgehead atoms. The van der Waals surface area contributed by atoms with Crippen LogP contribution in [0.25, 0.3) is 0 Å². The summed E-state index contributed by atoms with van der Waals surface area (Å²) >= 11 is 0. The van der Waals surface area contributed by atoms with E-state index in [0.29, 0.717) is 12.1 Å². The molecule has 1 aliphatic rings. The largest absolute Gasteiger partial charge is 0.312 e. The Labute approximate surface area is 130 Å². The fourth-order valence-corrected chi connectivity index (χ4v) is 3.29. The van der Waals surface area contributed by atoms with Crippen molar-refractivity contribution in [2.75, 3.05) is 39.8 Å². The van der Waals surface area contributed by atoms with Crippen molar-refractivity contribution in [3.05, 3.63) is 35.9 Å². The molecule has 0 spiro atoms. The van der Waals surface area contributed by atoms with Crippen LogP contribution in [-0.2, 0) is 0 Å². The number of rotatable bonds is 7. The third kappa shape index (κ3) is 4.80. The number of nitrogens with one attached hydrogen (secondary N) is 1. The Morgan fingerprint density at radius 2 is 1.76 bits per heavy atom. The highest BCUT2D eigenvalue weighted by Crippen LogP contribution is 2.20. The average molecular weight is 289 g/mol. The topological polar surface area (TPSA) is 18.5 Å². The van der Waals surface area contributed by atoms with E-state index in [-0.39, 0.29) is 0 Å². The van der Waals surface area contributed by atoms with Gasteiger partial charge in [0, 0.05) is 18.6 Å². The zero-order chi connectivity index (χ0) is 15.1. The van der Waals surface area contributed by atoms with Crippen molar-refractivity contribution in [2.45, 2.75) is 38.8 Å². The number of piperidine rings is 1. The number of hydrogen-bond acceptors (Lipinski definition) is 3. The van der Waals surface area contributed by atoms with Gasteiger partial charge in [0.05, 0.1) is 0 Å². The van der Waals surface area contributed by atoms with Crippen molar-refractivity contribution in [1.82, 2.24) is 15.1 Å². The predicted molar refractivity (Wildman–Crippen MR) is 90.6 cm³/mol. The maximum atomic E-state index is 3.82. The fourth-order valence-electron chi connectivity index (χ4n) is 3.29. The highest BCUT2D eigenvalue weighted by molar-refractivity contribution is 5.19. The van der Waals surface area contributed by atoms with E-state index in [2.05, 4.69) is 66.3 Å². The molecule has 2 rings (SSSR count). The average Bonchev–Trinajstić information content (AvgIpc) is 2.54. The third-order valence-electron chi connectivity index (χ3n) is 4.76. The standard InChI is InChI=1S/C18H31N3/c1-4-21(5-2)18(16-9-7-6-8-10-16)15-19-17-11-13-20(3)14-12-17/h6-10,17-19H,4-5,11-15H2,1-3H3. The number of benzene rings is 1. The van der Waals surface area contributed by atoms with Crippen molar-refractivity contribution in [3.63, 3.8) is 0 Å². The van der Waals surface area contributed by atoms with Gasteiger partial charge in [-0.3, -0.25) is 4.90 Å². The van der Waals surface area contributed by atoms with Gasteiger partial charge >= 0.3 is 0 Å². The molecule has 21 heavy (non-hydrogen) atoms. The van der Waals surface area contributed by atoms with Crippen LogP contribution in [0.15, 0.2) is 30.3 Å². The van der Waals surface area contributed by atoms with Gasteiger partial charge in [0.2, 0.25) is 0 Å². The van der Waals surface area contributed by atoms with E-state index in [0.717, 1.165) is 19.6 Å². The van der Waals surface area contributed by atoms with E-state index >= 15 is 0 Å². The molecule has 1 heterocycles. The first-order chi connectivity index (χ1) is 10.2. The van der Waals surface area contributed by atoms with Crippen LogP contribution in [0.5, 0.6) is 0 Å². The van der Waals surface area contributed by atoms with Crippen LogP contribution in [0.1, 0.15) is 38.3 Å². The summed E-state index contributed by atoms with van der Waals surface area (Å²) in [4.78, 5) is 4.98. The first-order valence-electron chi connectivity index (χ1n) is 8.45. The highest BCUT2D eigenvalue weighted by atomic mass is 15.2. The molecular weight excluding hydrogens is 258 g/mol. The van der Waals surface area contributed by atoms with E-state index in [1.165, 1.54) is 31.5 Å². The molecule has 1 aromatic rings. The van der Waals surface area contributed by atoms with E-state index < -0.39 is 0 Å². The van der Waals surface area contributed by atoms with Gasteiger partial charge in [0.15, 0.2) is 0 Å². The number of likely N-dealkylation sites (N-methyl/N-ethyl adjacent to an activating group) is 1. The van der Waals surface area contributed by atoms with E-state index in [4.69, 9.17) is 0 Å². The molecule has 118 valence electrons. The van der Waals surface area contributed by atoms with Crippen LogP contribution in [0.2, 0.25) is 0 Å². The Balaban J connectivity index is 1.96. The lowest BCUT2D eigenvalue weighted by Crippen LogP contribution is -2.44. The molecule has 0 aliphatic carbocycles. The summed E-state index contributed by atoms with van der Waals surface area (Å²) in [5.74, 6) is 0. The summed E-state index contributed by atoms with van der Waals surface area (Å²) in [5.41, 5.74) is 1.43. The molecule has 1 aromatic carbocycles. The monoisotopic (exact) mass is 289 g/mol. The molecule has 1 aliphatic heterocycles. The van der Waals surface area contributed by atoms with Gasteiger partial charge in [-0.05, 0) is 51.6 Å². The lowest BCUT2D eigenvalue weighted by molar-refractivity contribution is 0.189. The molecule has 0 saturated carbocycles. The molecule has 0 aromatic heterocycles. The molecule has 1 fully saturated rings. The summed E-state index contributed by atoms with van der Waals surface area (Å²) in [6.07, 6.45) is 2.55. The van der Waals surface area contributed by atoms with Crippen LogP contribution in [0.3, 0.4) is 0 Å². The second-order valence-corrected chi connectivity index (χ2v) is 6.13. The molecule has 3 heteroatoms. The van der Waals surface area contributed by atoms with Gasteiger partial charge < -0.3 is 10.2 Å². The number of hydrogen-bond donors (Lipinski definition) is 1. The molecule has 1 atom stereocenters. The maximum absolute atomic E-state index is 3.82. The normalized spacial score (nSPS) is 19.0. The van der Waals surface area contributed by atoms with Crippen molar-refractivity contribution >= 4 is 0 Å². The van der Waals surface area contributed by atoms with Crippen LogP contribution in [0.4, 0.5) is 0 Å². The molecule has 1 unspecified atom stereocenters. The molecular formula is C18H31N3. The second kappa shape index (κ2) is 8.52. The Morgan fingerprint density at radius 1 is 1.14 bits per heavy atom. The van der Waals surface area contributed by atoms with Gasteiger partial charge in [0.25, 0.3) is 0 Å². The molecule has 1 N–H and O–H groups in total. The van der Waals surface area contributed by atoms with Crippen LogP contribution < -0.4 is 5.32 Å². The highest BCUT2D eigenvalue weighted by Gasteiger charge is 2.21. The molecule has 1 saturated heterocycles. The van der Waals surface area contributed by atoms with Crippen molar-refractivity contribution in [2.24, 2.45) is 0 Å². The quantitative estimate of drug-likeness (QED) is 0.833. The van der Waals surface area contributed by atoms with Crippen molar-refractivity contribution in [3.8, 4) is 0 Å². The van der Waals surface area contributed by atoms with Crippen LogP contribution in [0, 0.1) is 0 Å². The van der Waals surface area contributed by atoms with Gasteiger partial charge in [-0.25, -0.2) is 0 Å². The summed E-state index contributed by atoms with van der Waals surface area (Å²) in [6.45, 7) is 10.2. The fraction of sp³-hybridized carbons (Fsp3) is 0.667. The summed E-state index contributed by atoms with van der Waals surface area (Å²) in [5, 5.41) is 3.82. The molecule has 3 nitrogen and oxygen atoms in total. The third-order valence-corrected chi connectivity index (χ3v) is 4.76. The van der Waals surface area contributed by atoms with Crippen LogP contribution >= 0.6 is 0 Å². The summed E-state index contributed by atoms with van der Waals surface area (Å²) < 4.78 is 0. The minimum Gasteiger partial charge on any atom is -0.312 e. The van der Waals surface area contributed by atoms with Gasteiger partial charge in [-0.2, -0.15) is 0 Å². The zero-order valence-corrected chi connectivity index (χ0v) is 13.9. The predicted octanol–water partition coefficient (Wildman–Crippen LogP) is 2.75. The Morgan fingerprint density at radius 3 is 2.33 bits per heavy atom. The first kappa shape index (κ1) is 16.5. The van der Waals surface area contributed by atoms with E-state index in [9.17, 15) is 0 Å². The second-order valence-electron chi connectivity index (χ2n) is 6.13. The Bertz CT molecular complexity index is 381. The van der Waals surface area contributed by atoms with E-state index in [1.54, 1.807) is 0 Å². The smallest absolute Gasteiger partial charge is 0.0472 e. The lowest BCUT2D eigenvalue weighted by Gasteiger charge is -2.34. The maximum Gasteiger partial charge on any atom is 0.0472 e. The van der Waals surface area contributed by atoms with Crippen molar-refractivity contribution in [1.29, 1.82) is 0 Å². The van der Waals surface area contributed by atoms with Crippen LogP contribution in [-0.4, -0.2) is 55.6 Å². The summed E-state index contributed by atoms with van der Waals surface area (Å²) in [7, 11) is 2.22. The van der Waals surface area contributed by atoms with Gasteiger partial charge in [-0.15, -0.1) is 0 Å². The Kier molecular flexibility index (Phi) is 6.68. The SMILES string of the molecule is CCN(CC)C(CNC1CCN(C)CC1)c1ccccc1. The number of nitrogens with zero attached hydrogens (tertiary/aromatic N) is 2. The summed E-state index contributed by atoms with van der Waals surface area (Å²) in [6, 6.07) is 12.1. The Hall–Kier alpha value is -0.900. The molecule has 0 amide bonds. The lowest BCUT2D eigenvalue weighted by atomic mass is 10.0. The first-order valence-corrected chi connectivity index (χ1v) is 8.45. The minimum absolute atomic E-state index is 0.487. The minimum atomic E-state index is 0.487. The van der Waals surface area contributed by atoms with Gasteiger partial charge in [0.1, 0.15) is 0 Å². The van der Waals surface area contributed by atoms with E-state index in [1.807, 2.05) is 0 Å². The van der Waals surface area contributed by atoms with Gasteiger partial charge in [-0.1, -0.05) is 44.2 Å². The molecule has 0 radical (unpaired) electrons.